The second kappa shape index (κ2) is 7.62. The molecule has 6 heteroatoms. The van der Waals surface area contributed by atoms with Crippen molar-refractivity contribution < 1.29 is 19.4 Å². The number of nitrogens with one attached hydrogen (secondary N) is 1. The quantitative estimate of drug-likeness (QED) is 0.582. The Morgan fingerprint density at radius 3 is 3.00 bits per heavy atom. The highest BCUT2D eigenvalue weighted by atomic mass is 32.1. The summed E-state index contributed by atoms with van der Waals surface area (Å²) >= 11 is 1.28. The fourth-order valence-electron chi connectivity index (χ4n) is 1.26. The third-order valence-electron chi connectivity index (χ3n) is 2.04. The molecule has 0 saturated carbocycles. The van der Waals surface area contributed by atoms with Crippen LogP contribution in [-0.4, -0.2) is 36.7 Å². The van der Waals surface area contributed by atoms with Crippen molar-refractivity contribution in [2.24, 2.45) is 0 Å². The van der Waals surface area contributed by atoms with E-state index in [4.69, 9.17) is 9.84 Å². The molecule has 0 fully saturated rings. The fourth-order valence-corrected chi connectivity index (χ4v) is 2.06. The van der Waals surface area contributed by atoms with Crippen LogP contribution in [0.1, 0.15) is 22.2 Å². The van der Waals surface area contributed by atoms with Crippen molar-refractivity contribution in [3.63, 3.8) is 0 Å². The van der Waals surface area contributed by atoms with Crippen LogP contribution in [0, 0.1) is 0 Å². The summed E-state index contributed by atoms with van der Waals surface area (Å²) in [5, 5.41) is 13.0. The minimum atomic E-state index is -1.04. The molecule has 5 nitrogen and oxygen atoms in total. The van der Waals surface area contributed by atoms with Crippen LogP contribution in [0.3, 0.4) is 0 Å². The Hall–Kier alpha value is -1.66. The van der Waals surface area contributed by atoms with Gasteiger partial charge in [-0.05, 0) is 30.0 Å². The number of hydrogen-bond acceptors (Lipinski definition) is 4. The van der Waals surface area contributed by atoms with Crippen molar-refractivity contribution in [3.05, 3.63) is 28.0 Å². The molecule has 0 aliphatic carbocycles. The van der Waals surface area contributed by atoms with E-state index in [2.05, 4.69) is 5.32 Å². The van der Waals surface area contributed by atoms with E-state index in [9.17, 15) is 9.59 Å². The van der Waals surface area contributed by atoms with Gasteiger partial charge in [0.1, 0.15) is 0 Å². The lowest BCUT2D eigenvalue weighted by atomic mass is 10.2. The zero-order valence-corrected chi connectivity index (χ0v) is 10.8. The summed E-state index contributed by atoms with van der Waals surface area (Å²) in [5.74, 6) is -1.25. The highest BCUT2D eigenvalue weighted by molar-refractivity contribution is 7.12. The van der Waals surface area contributed by atoms with Crippen molar-refractivity contribution in [3.8, 4) is 0 Å². The highest BCUT2D eigenvalue weighted by Gasteiger charge is 2.10. The van der Waals surface area contributed by atoms with Gasteiger partial charge in [0, 0.05) is 19.2 Å². The van der Waals surface area contributed by atoms with Gasteiger partial charge in [-0.3, -0.25) is 4.79 Å². The van der Waals surface area contributed by atoms with Gasteiger partial charge in [0.05, 0.1) is 11.5 Å². The molecule has 0 aliphatic rings. The van der Waals surface area contributed by atoms with E-state index in [1.54, 1.807) is 11.4 Å². The number of thiophene rings is 1. The van der Waals surface area contributed by atoms with Crippen LogP contribution < -0.4 is 5.32 Å². The molecule has 1 aromatic rings. The number of rotatable bonds is 7. The Bertz CT molecular complexity index is 439. The van der Waals surface area contributed by atoms with E-state index in [-0.39, 0.29) is 5.91 Å². The van der Waals surface area contributed by atoms with Gasteiger partial charge < -0.3 is 15.2 Å². The lowest BCUT2D eigenvalue weighted by molar-refractivity contribution is -0.131. The van der Waals surface area contributed by atoms with E-state index in [1.165, 1.54) is 17.4 Å². The number of carboxylic acid groups (broad SMARTS) is 1. The van der Waals surface area contributed by atoms with Gasteiger partial charge >= 0.3 is 5.97 Å². The van der Waals surface area contributed by atoms with Crippen molar-refractivity contribution in [2.75, 3.05) is 19.8 Å². The average molecular weight is 269 g/mol. The summed E-state index contributed by atoms with van der Waals surface area (Å²) in [6.45, 7) is 3.40. The lowest BCUT2D eigenvalue weighted by Crippen LogP contribution is -2.27. The number of hydrogen-bond donors (Lipinski definition) is 2. The molecule has 1 amide bonds. The first-order valence-electron chi connectivity index (χ1n) is 5.49. The smallest absolute Gasteiger partial charge is 0.328 e. The maximum atomic E-state index is 11.8. The minimum Gasteiger partial charge on any atom is -0.478 e. The second-order valence-electron chi connectivity index (χ2n) is 3.33. The van der Waals surface area contributed by atoms with Gasteiger partial charge in [-0.15, -0.1) is 11.3 Å². The molecule has 0 spiro atoms. The fraction of sp³-hybridized carbons (Fsp3) is 0.333. The first-order chi connectivity index (χ1) is 8.65. The number of aliphatic carboxylic acids is 1. The van der Waals surface area contributed by atoms with E-state index in [0.29, 0.717) is 30.2 Å². The zero-order chi connectivity index (χ0) is 13.4. The van der Waals surface area contributed by atoms with Gasteiger partial charge in [-0.2, -0.15) is 0 Å². The van der Waals surface area contributed by atoms with Crippen LogP contribution in [0.5, 0.6) is 0 Å². The Labute approximate surface area is 109 Å². The molecule has 1 rings (SSSR count). The van der Waals surface area contributed by atoms with Gasteiger partial charge in [0.25, 0.3) is 5.91 Å². The summed E-state index contributed by atoms with van der Waals surface area (Å²) in [7, 11) is 0. The molecule has 18 heavy (non-hydrogen) atoms. The predicted octanol–water partition coefficient (Wildman–Crippen LogP) is 1.61. The highest BCUT2D eigenvalue weighted by Crippen LogP contribution is 2.18. The summed E-state index contributed by atoms with van der Waals surface area (Å²) in [4.78, 5) is 22.7. The van der Waals surface area contributed by atoms with Gasteiger partial charge in [0.2, 0.25) is 0 Å². The molecular formula is C12H15NO4S. The molecular weight excluding hydrogens is 254 g/mol. The third-order valence-corrected chi connectivity index (χ3v) is 2.97. The molecule has 0 bridgehead atoms. The first-order valence-corrected chi connectivity index (χ1v) is 6.37. The van der Waals surface area contributed by atoms with Crippen LogP contribution in [-0.2, 0) is 9.53 Å². The molecule has 0 aromatic carbocycles. The Balaban J connectivity index is 2.57. The summed E-state index contributed by atoms with van der Waals surface area (Å²) in [5.41, 5.74) is 0.608. The van der Waals surface area contributed by atoms with Crippen LogP contribution in [0.4, 0.5) is 0 Å². The normalized spacial score (nSPS) is 10.7. The van der Waals surface area contributed by atoms with Gasteiger partial charge in [0.15, 0.2) is 0 Å². The van der Waals surface area contributed by atoms with Crippen molar-refractivity contribution in [2.45, 2.75) is 6.92 Å². The second-order valence-corrected chi connectivity index (χ2v) is 4.25. The maximum absolute atomic E-state index is 11.8. The monoisotopic (exact) mass is 269 g/mol. The largest absolute Gasteiger partial charge is 0.478 e. The standard InChI is InChI=1S/C12H15NO4S/c1-2-17-7-6-13-12(16)11-9(5-8-18-11)3-4-10(14)15/h3-5,8H,2,6-7H2,1H3,(H,13,16)(H,14,15)/b4-3+. The predicted molar refractivity (Wildman–Crippen MR) is 69.8 cm³/mol. The Morgan fingerprint density at radius 2 is 2.33 bits per heavy atom. The Kier molecular flexibility index (Phi) is 6.10. The van der Waals surface area contributed by atoms with E-state index >= 15 is 0 Å². The molecule has 0 unspecified atom stereocenters. The van der Waals surface area contributed by atoms with Crippen molar-refractivity contribution >= 4 is 29.3 Å². The summed E-state index contributed by atoms with van der Waals surface area (Å²) in [6, 6.07) is 1.71. The van der Waals surface area contributed by atoms with Crippen LogP contribution in [0.25, 0.3) is 6.08 Å². The maximum Gasteiger partial charge on any atom is 0.328 e. The molecule has 0 radical (unpaired) electrons. The molecule has 2 N–H and O–H groups in total. The lowest BCUT2D eigenvalue weighted by Gasteiger charge is -2.04. The molecule has 0 atom stereocenters. The van der Waals surface area contributed by atoms with Crippen LogP contribution in [0.15, 0.2) is 17.5 Å². The first kappa shape index (κ1) is 14.4. The van der Waals surface area contributed by atoms with Gasteiger partial charge in [-0.1, -0.05) is 0 Å². The number of ether oxygens (including phenoxy) is 1. The zero-order valence-electron chi connectivity index (χ0n) is 10.0. The van der Waals surface area contributed by atoms with E-state index in [1.807, 2.05) is 6.92 Å². The molecule has 0 saturated heterocycles. The summed E-state index contributed by atoms with van der Waals surface area (Å²) in [6.07, 6.45) is 2.43. The van der Waals surface area contributed by atoms with Crippen LogP contribution in [0.2, 0.25) is 0 Å². The minimum absolute atomic E-state index is 0.213. The van der Waals surface area contributed by atoms with Crippen molar-refractivity contribution in [1.29, 1.82) is 0 Å². The average Bonchev–Trinajstić information content (AvgIpc) is 2.80. The molecule has 1 aromatic heterocycles. The van der Waals surface area contributed by atoms with E-state index in [0.717, 1.165) is 6.08 Å². The number of carbonyl (C=O) groups excluding carboxylic acids is 1. The molecule has 0 aliphatic heterocycles. The number of amides is 1. The third kappa shape index (κ3) is 4.68. The number of carboxylic acids is 1. The van der Waals surface area contributed by atoms with Gasteiger partial charge in [-0.25, -0.2) is 4.79 Å². The topological polar surface area (TPSA) is 75.6 Å². The molecule has 98 valence electrons. The van der Waals surface area contributed by atoms with E-state index < -0.39 is 5.97 Å². The summed E-state index contributed by atoms with van der Waals surface area (Å²) < 4.78 is 5.11. The van der Waals surface area contributed by atoms with Crippen molar-refractivity contribution in [1.82, 2.24) is 5.32 Å². The molecule has 1 heterocycles. The Morgan fingerprint density at radius 1 is 1.56 bits per heavy atom. The SMILES string of the molecule is CCOCCNC(=O)c1sccc1/C=C/C(=O)O. The number of carbonyl (C=O) groups is 2. The van der Waals surface area contributed by atoms with Crippen LogP contribution >= 0.6 is 11.3 Å².